The fraction of sp³-hybridized carbons (Fsp3) is 0. The highest BCUT2D eigenvalue weighted by atomic mass is 16.3. The standard InChI is InChI=1S/C43H27N3O/c1-3-12-30(13-4-1)35-17-9-18-36-37-19-10-20-38(40(37)47-39(35)36)43-45-41(31-14-5-2-6-15-31)44-42(46-43)32-24-21-29(22-25-32)34-26-23-28-11-7-8-16-33(28)27-34/h1-27H/i1D,3D,4D,12D,13D. The van der Waals surface area contributed by atoms with Crippen LogP contribution in [0.15, 0.2) is 168 Å². The van der Waals surface area contributed by atoms with Crippen LogP contribution in [-0.4, -0.2) is 15.0 Å². The van der Waals surface area contributed by atoms with Crippen LogP contribution in [-0.2, 0) is 0 Å². The van der Waals surface area contributed by atoms with Crippen LogP contribution >= 0.6 is 0 Å². The molecule has 4 heteroatoms. The fourth-order valence-electron chi connectivity index (χ4n) is 6.10. The maximum atomic E-state index is 8.62. The Kier molecular flexibility index (Phi) is 5.28. The molecular formula is C43H27N3O. The van der Waals surface area contributed by atoms with Crippen molar-refractivity contribution in [3.8, 4) is 56.4 Å². The van der Waals surface area contributed by atoms with Crippen molar-refractivity contribution in [2.24, 2.45) is 0 Å². The van der Waals surface area contributed by atoms with Crippen LogP contribution in [0.2, 0.25) is 0 Å². The molecule has 9 aromatic rings. The molecule has 0 fully saturated rings. The normalized spacial score (nSPS) is 12.9. The van der Waals surface area contributed by atoms with Crippen molar-refractivity contribution < 1.29 is 11.3 Å². The maximum absolute atomic E-state index is 8.62. The Bertz CT molecular complexity index is 2820. The predicted molar refractivity (Wildman–Crippen MR) is 192 cm³/mol. The number of nitrogens with zero attached hydrogens (tertiary/aromatic N) is 3. The minimum atomic E-state index is -0.444. The molecule has 0 saturated carbocycles. The van der Waals surface area contributed by atoms with E-state index in [1.54, 1.807) is 12.1 Å². The predicted octanol–water partition coefficient (Wildman–Crippen LogP) is 11.3. The van der Waals surface area contributed by atoms with E-state index >= 15 is 0 Å². The summed E-state index contributed by atoms with van der Waals surface area (Å²) in [5.74, 6) is 1.42. The van der Waals surface area contributed by atoms with Crippen molar-refractivity contribution in [3.05, 3.63) is 164 Å². The molecule has 0 amide bonds. The van der Waals surface area contributed by atoms with Gasteiger partial charge in [-0.25, -0.2) is 15.0 Å². The molecule has 0 aliphatic rings. The van der Waals surface area contributed by atoms with Gasteiger partial charge in [0.15, 0.2) is 17.5 Å². The molecule has 0 aliphatic carbocycles. The summed E-state index contributed by atoms with van der Waals surface area (Å²) in [6.45, 7) is 0. The SMILES string of the molecule is [2H]c1c([2H])c([2H])c(-c2cccc3c2oc2c(-c4nc(-c5ccccc5)nc(-c5ccc(-c6ccc7ccccc7c6)cc5)n4)cccc23)c([2H])c1[2H]. The molecule has 0 spiro atoms. The van der Waals surface area contributed by atoms with Crippen LogP contribution in [0.25, 0.3) is 89.1 Å². The number of aromatic nitrogens is 3. The number of benzene rings is 7. The first-order valence-corrected chi connectivity index (χ1v) is 15.3. The highest BCUT2D eigenvalue weighted by Crippen LogP contribution is 2.39. The molecule has 2 heterocycles. The summed E-state index contributed by atoms with van der Waals surface area (Å²) in [6, 6.07) is 42.0. The molecule has 4 nitrogen and oxygen atoms in total. The average molecular weight is 607 g/mol. The molecule has 2 aromatic heterocycles. The van der Waals surface area contributed by atoms with E-state index in [0.717, 1.165) is 33.0 Å². The van der Waals surface area contributed by atoms with E-state index < -0.39 is 18.1 Å². The van der Waals surface area contributed by atoms with Gasteiger partial charge in [-0.2, -0.15) is 0 Å². The topological polar surface area (TPSA) is 51.8 Å². The van der Waals surface area contributed by atoms with Gasteiger partial charge in [0.1, 0.15) is 11.2 Å². The Morgan fingerprint density at radius 3 is 1.72 bits per heavy atom. The van der Waals surface area contributed by atoms with E-state index in [4.69, 9.17) is 26.2 Å². The summed E-state index contributed by atoms with van der Waals surface area (Å²) in [5, 5.41) is 3.89. The molecule has 0 N–H and O–H groups in total. The lowest BCUT2D eigenvalue weighted by Crippen LogP contribution is -2.00. The summed E-state index contributed by atoms with van der Waals surface area (Å²) in [7, 11) is 0. The quantitative estimate of drug-likeness (QED) is 0.196. The van der Waals surface area contributed by atoms with Crippen molar-refractivity contribution in [1.29, 1.82) is 0 Å². The van der Waals surface area contributed by atoms with Crippen LogP contribution in [0.4, 0.5) is 0 Å². The summed E-state index contributed by atoms with van der Waals surface area (Å²) >= 11 is 0. The zero-order valence-corrected chi connectivity index (χ0v) is 25.0. The second-order valence-electron chi connectivity index (χ2n) is 11.3. The molecule has 0 bridgehead atoms. The second kappa shape index (κ2) is 11.2. The largest absolute Gasteiger partial charge is 0.455 e. The minimum absolute atomic E-state index is 0.0816. The summed E-state index contributed by atoms with van der Waals surface area (Å²) in [6.07, 6.45) is 0. The van der Waals surface area contributed by atoms with E-state index in [9.17, 15) is 0 Å². The van der Waals surface area contributed by atoms with E-state index in [1.807, 2.05) is 78.9 Å². The lowest BCUT2D eigenvalue weighted by Gasteiger charge is -2.10. The highest BCUT2D eigenvalue weighted by molar-refractivity contribution is 6.12. The van der Waals surface area contributed by atoms with Gasteiger partial charge in [-0.3, -0.25) is 0 Å². The smallest absolute Gasteiger partial charge is 0.167 e. The Morgan fingerprint density at radius 2 is 0.979 bits per heavy atom. The monoisotopic (exact) mass is 606 g/mol. The molecule has 9 rings (SSSR count). The van der Waals surface area contributed by atoms with Crippen LogP contribution in [0.5, 0.6) is 0 Å². The number of para-hydroxylation sites is 2. The Labute approximate surface area is 278 Å². The summed E-state index contributed by atoms with van der Waals surface area (Å²) in [4.78, 5) is 14.9. The third-order valence-corrected chi connectivity index (χ3v) is 8.43. The average Bonchev–Trinajstić information content (AvgIpc) is 3.59. The first kappa shape index (κ1) is 22.2. The van der Waals surface area contributed by atoms with Gasteiger partial charge in [-0.15, -0.1) is 0 Å². The lowest BCUT2D eigenvalue weighted by molar-refractivity contribution is 0.670. The molecular weight excluding hydrogens is 574 g/mol. The second-order valence-corrected chi connectivity index (χ2v) is 11.3. The molecule has 0 saturated heterocycles. The van der Waals surface area contributed by atoms with Gasteiger partial charge in [0.2, 0.25) is 0 Å². The third kappa shape index (κ3) is 4.84. The Morgan fingerprint density at radius 1 is 0.404 bits per heavy atom. The van der Waals surface area contributed by atoms with E-state index in [0.29, 0.717) is 39.8 Å². The van der Waals surface area contributed by atoms with Gasteiger partial charge in [-0.1, -0.05) is 152 Å². The van der Waals surface area contributed by atoms with E-state index in [2.05, 4.69) is 42.5 Å². The summed E-state index contributed by atoms with van der Waals surface area (Å²) < 4.78 is 48.4. The number of rotatable bonds is 5. The van der Waals surface area contributed by atoms with Crippen molar-refractivity contribution in [3.63, 3.8) is 0 Å². The summed E-state index contributed by atoms with van der Waals surface area (Å²) in [5.41, 5.74) is 5.90. The van der Waals surface area contributed by atoms with Gasteiger partial charge < -0.3 is 4.42 Å². The first-order chi connectivity index (χ1) is 25.4. The van der Waals surface area contributed by atoms with Gasteiger partial charge in [0.05, 0.1) is 12.4 Å². The Hall–Kier alpha value is -6.39. The van der Waals surface area contributed by atoms with E-state index in [1.165, 1.54) is 10.8 Å². The highest BCUT2D eigenvalue weighted by Gasteiger charge is 2.19. The van der Waals surface area contributed by atoms with Gasteiger partial charge in [0, 0.05) is 27.5 Å². The van der Waals surface area contributed by atoms with Crippen LogP contribution < -0.4 is 0 Å². The number of hydrogen-bond donors (Lipinski definition) is 0. The molecule has 220 valence electrons. The van der Waals surface area contributed by atoms with Crippen molar-refractivity contribution in [2.75, 3.05) is 0 Å². The number of fused-ring (bicyclic) bond motifs is 4. The van der Waals surface area contributed by atoms with Crippen LogP contribution in [0, 0.1) is 0 Å². The zero-order chi connectivity index (χ0) is 35.5. The number of furan rings is 1. The van der Waals surface area contributed by atoms with Gasteiger partial charge >= 0.3 is 0 Å². The van der Waals surface area contributed by atoms with Crippen molar-refractivity contribution in [2.45, 2.75) is 0 Å². The molecule has 7 aromatic carbocycles. The maximum Gasteiger partial charge on any atom is 0.167 e. The van der Waals surface area contributed by atoms with Gasteiger partial charge in [0.25, 0.3) is 0 Å². The third-order valence-electron chi connectivity index (χ3n) is 8.43. The van der Waals surface area contributed by atoms with Crippen molar-refractivity contribution in [1.82, 2.24) is 15.0 Å². The van der Waals surface area contributed by atoms with Crippen LogP contribution in [0.1, 0.15) is 6.85 Å². The number of hydrogen-bond acceptors (Lipinski definition) is 4. The van der Waals surface area contributed by atoms with Crippen molar-refractivity contribution >= 4 is 32.7 Å². The zero-order valence-electron chi connectivity index (χ0n) is 30.0. The van der Waals surface area contributed by atoms with Gasteiger partial charge in [-0.05, 0) is 39.6 Å². The first-order valence-electron chi connectivity index (χ1n) is 17.8. The minimum Gasteiger partial charge on any atom is -0.455 e. The Balaban J connectivity index is 1.20. The lowest BCUT2D eigenvalue weighted by atomic mass is 10.00. The molecule has 0 atom stereocenters. The van der Waals surface area contributed by atoms with E-state index in [-0.39, 0.29) is 17.6 Å². The fourth-order valence-corrected chi connectivity index (χ4v) is 6.10. The molecule has 0 radical (unpaired) electrons. The van der Waals surface area contributed by atoms with Crippen LogP contribution in [0.3, 0.4) is 0 Å². The molecule has 0 unspecified atom stereocenters. The molecule has 0 aliphatic heterocycles. The molecule has 47 heavy (non-hydrogen) atoms.